The van der Waals surface area contributed by atoms with Crippen LogP contribution in [0.4, 0.5) is 5.69 Å². The van der Waals surface area contributed by atoms with E-state index in [-0.39, 0.29) is 0 Å². The molecule has 2 atom stereocenters. The van der Waals surface area contributed by atoms with Crippen LogP contribution in [-0.4, -0.2) is 43.0 Å². The number of hydrogen-bond acceptors (Lipinski definition) is 3. The average molecular weight is 249 g/mol. The Balaban J connectivity index is 2.81. The fourth-order valence-corrected chi connectivity index (χ4v) is 2.61. The maximum atomic E-state index is 5.87. The SMILES string of the molecule is CCN(C(C)CN(C)C)C(C)c1cccc(N)c1. The average Bonchev–Trinajstić information content (AvgIpc) is 2.28. The van der Waals surface area contributed by atoms with Crippen LogP contribution in [0.3, 0.4) is 0 Å². The first kappa shape index (κ1) is 15.0. The first-order valence-corrected chi connectivity index (χ1v) is 6.71. The van der Waals surface area contributed by atoms with Gasteiger partial charge in [-0.15, -0.1) is 0 Å². The Kier molecular flexibility index (Phi) is 5.63. The zero-order valence-corrected chi connectivity index (χ0v) is 12.4. The molecule has 102 valence electrons. The lowest BCUT2D eigenvalue weighted by atomic mass is 10.0. The van der Waals surface area contributed by atoms with Crippen LogP contribution in [0.25, 0.3) is 0 Å². The largest absolute Gasteiger partial charge is 0.399 e. The van der Waals surface area contributed by atoms with Gasteiger partial charge in [-0.05, 0) is 52.2 Å². The van der Waals surface area contributed by atoms with E-state index in [1.807, 2.05) is 12.1 Å². The molecule has 0 saturated carbocycles. The molecule has 3 heteroatoms. The quantitative estimate of drug-likeness (QED) is 0.787. The molecule has 3 nitrogen and oxygen atoms in total. The highest BCUT2D eigenvalue weighted by molar-refractivity contribution is 5.41. The lowest BCUT2D eigenvalue weighted by Gasteiger charge is -2.35. The van der Waals surface area contributed by atoms with E-state index in [1.54, 1.807) is 0 Å². The van der Waals surface area contributed by atoms with Gasteiger partial charge in [-0.1, -0.05) is 19.1 Å². The minimum Gasteiger partial charge on any atom is -0.399 e. The van der Waals surface area contributed by atoms with E-state index >= 15 is 0 Å². The molecule has 0 fully saturated rings. The van der Waals surface area contributed by atoms with Crippen molar-refractivity contribution >= 4 is 5.69 Å². The highest BCUT2D eigenvalue weighted by Crippen LogP contribution is 2.23. The summed E-state index contributed by atoms with van der Waals surface area (Å²) in [6.07, 6.45) is 0. The molecule has 18 heavy (non-hydrogen) atoms. The van der Waals surface area contributed by atoms with Crippen molar-refractivity contribution in [3.8, 4) is 0 Å². The van der Waals surface area contributed by atoms with Crippen molar-refractivity contribution in [2.24, 2.45) is 0 Å². The molecule has 0 aliphatic heterocycles. The molecule has 0 amide bonds. The molecule has 1 aromatic rings. The summed E-state index contributed by atoms with van der Waals surface area (Å²) in [6.45, 7) is 8.87. The predicted octanol–water partition coefficient (Wildman–Crippen LogP) is 2.60. The van der Waals surface area contributed by atoms with E-state index in [1.165, 1.54) is 5.56 Å². The summed E-state index contributed by atoms with van der Waals surface area (Å²) >= 11 is 0. The standard InChI is InChI=1S/C15H27N3/c1-6-18(12(2)11-17(4)5)13(3)14-8-7-9-15(16)10-14/h7-10,12-13H,6,11,16H2,1-5H3. The van der Waals surface area contributed by atoms with Crippen LogP contribution in [0.1, 0.15) is 32.4 Å². The van der Waals surface area contributed by atoms with Gasteiger partial charge in [0.1, 0.15) is 0 Å². The molecule has 1 aromatic carbocycles. The zero-order chi connectivity index (χ0) is 13.7. The molecular formula is C15H27N3. The van der Waals surface area contributed by atoms with Gasteiger partial charge in [0, 0.05) is 24.3 Å². The Morgan fingerprint density at radius 3 is 2.39 bits per heavy atom. The lowest BCUT2D eigenvalue weighted by molar-refractivity contribution is 0.137. The van der Waals surface area contributed by atoms with Crippen LogP contribution < -0.4 is 5.73 Å². The van der Waals surface area contributed by atoms with Crippen molar-refractivity contribution in [1.82, 2.24) is 9.80 Å². The Labute approximate surface area is 112 Å². The third-order valence-electron chi connectivity index (χ3n) is 3.45. The second-order valence-electron chi connectivity index (χ2n) is 5.29. The van der Waals surface area contributed by atoms with Crippen LogP contribution >= 0.6 is 0 Å². The number of nitrogen functional groups attached to an aromatic ring is 1. The molecule has 0 spiro atoms. The summed E-state index contributed by atoms with van der Waals surface area (Å²) in [6, 6.07) is 9.14. The summed E-state index contributed by atoms with van der Waals surface area (Å²) in [5.41, 5.74) is 8.01. The van der Waals surface area contributed by atoms with Gasteiger partial charge >= 0.3 is 0 Å². The molecule has 0 heterocycles. The molecule has 2 unspecified atom stereocenters. The van der Waals surface area contributed by atoms with E-state index in [9.17, 15) is 0 Å². The van der Waals surface area contributed by atoms with Gasteiger partial charge in [0.25, 0.3) is 0 Å². The lowest BCUT2D eigenvalue weighted by Crippen LogP contribution is -2.41. The summed E-state index contributed by atoms with van der Waals surface area (Å²) in [5, 5.41) is 0. The number of rotatable bonds is 6. The fraction of sp³-hybridized carbons (Fsp3) is 0.600. The summed E-state index contributed by atoms with van der Waals surface area (Å²) in [7, 11) is 4.24. The van der Waals surface area contributed by atoms with Crippen LogP contribution in [0.2, 0.25) is 0 Å². The Morgan fingerprint density at radius 2 is 1.89 bits per heavy atom. The van der Waals surface area contributed by atoms with E-state index in [4.69, 9.17) is 5.73 Å². The van der Waals surface area contributed by atoms with Crippen molar-refractivity contribution in [3.05, 3.63) is 29.8 Å². The van der Waals surface area contributed by atoms with Gasteiger partial charge in [-0.25, -0.2) is 0 Å². The van der Waals surface area contributed by atoms with Gasteiger partial charge in [-0.3, -0.25) is 4.90 Å². The summed E-state index contributed by atoms with van der Waals surface area (Å²) in [4.78, 5) is 4.74. The molecule has 0 aromatic heterocycles. The number of nitrogens with two attached hydrogens (primary N) is 1. The Bertz CT molecular complexity index is 363. The molecular weight excluding hydrogens is 222 g/mol. The molecule has 0 bridgehead atoms. The van der Waals surface area contributed by atoms with Crippen molar-refractivity contribution < 1.29 is 0 Å². The first-order valence-electron chi connectivity index (χ1n) is 6.71. The first-order chi connectivity index (χ1) is 8.45. The van der Waals surface area contributed by atoms with Gasteiger partial charge in [0.2, 0.25) is 0 Å². The second-order valence-corrected chi connectivity index (χ2v) is 5.29. The minimum atomic E-state index is 0.397. The maximum absolute atomic E-state index is 5.87. The number of likely N-dealkylation sites (N-methyl/N-ethyl adjacent to an activating group) is 2. The maximum Gasteiger partial charge on any atom is 0.0323 e. The van der Waals surface area contributed by atoms with Gasteiger partial charge in [-0.2, -0.15) is 0 Å². The molecule has 0 aliphatic carbocycles. The Morgan fingerprint density at radius 1 is 1.22 bits per heavy atom. The van der Waals surface area contributed by atoms with Crippen LogP contribution in [0.15, 0.2) is 24.3 Å². The molecule has 2 N–H and O–H groups in total. The summed E-state index contributed by atoms with van der Waals surface area (Å²) in [5.74, 6) is 0. The molecule has 1 rings (SSSR count). The normalized spacial score (nSPS) is 15.1. The van der Waals surface area contributed by atoms with Crippen LogP contribution in [0, 0.1) is 0 Å². The van der Waals surface area contributed by atoms with Crippen LogP contribution in [-0.2, 0) is 0 Å². The third kappa shape index (κ3) is 4.00. The number of nitrogens with zero attached hydrogens (tertiary/aromatic N) is 2. The molecule has 0 saturated heterocycles. The summed E-state index contributed by atoms with van der Waals surface area (Å²) < 4.78 is 0. The van der Waals surface area contributed by atoms with Gasteiger partial charge < -0.3 is 10.6 Å². The predicted molar refractivity (Wildman–Crippen MR) is 79.7 cm³/mol. The Hall–Kier alpha value is -1.06. The zero-order valence-electron chi connectivity index (χ0n) is 12.4. The van der Waals surface area contributed by atoms with Gasteiger partial charge in [0.15, 0.2) is 0 Å². The highest BCUT2D eigenvalue weighted by Gasteiger charge is 2.20. The smallest absolute Gasteiger partial charge is 0.0323 e. The van der Waals surface area contributed by atoms with Crippen LogP contribution in [0.5, 0.6) is 0 Å². The minimum absolute atomic E-state index is 0.397. The monoisotopic (exact) mass is 249 g/mol. The van der Waals surface area contributed by atoms with Gasteiger partial charge in [0.05, 0.1) is 0 Å². The number of benzene rings is 1. The van der Waals surface area contributed by atoms with E-state index in [0.717, 1.165) is 18.8 Å². The van der Waals surface area contributed by atoms with E-state index in [2.05, 4.69) is 56.8 Å². The highest BCUT2D eigenvalue weighted by atomic mass is 15.2. The number of hydrogen-bond donors (Lipinski definition) is 1. The van der Waals surface area contributed by atoms with Crippen molar-refractivity contribution in [2.45, 2.75) is 32.9 Å². The van der Waals surface area contributed by atoms with Crippen molar-refractivity contribution in [2.75, 3.05) is 32.9 Å². The topological polar surface area (TPSA) is 32.5 Å². The second kappa shape index (κ2) is 6.76. The van der Waals surface area contributed by atoms with E-state index < -0.39 is 0 Å². The van der Waals surface area contributed by atoms with E-state index in [0.29, 0.717) is 12.1 Å². The number of anilines is 1. The third-order valence-corrected chi connectivity index (χ3v) is 3.45. The molecule has 0 radical (unpaired) electrons. The molecule has 0 aliphatic rings. The van der Waals surface area contributed by atoms with Crippen molar-refractivity contribution in [3.63, 3.8) is 0 Å². The van der Waals surface area contributed by atoms with Crippen molar-refractivity contribution in [1.29, 1.82) is 0 Å². The fourth-order valence-electron chi connectivity index (χ4n) is 2.61.